The molecule has 7 nitrogen and oxygen atoms in total. The van der Waals surface area contributed by atoms with Crippen molar-refractivity contribution in [3.05, 3.63) is 11.8 Å². The van der Waals surface area contributed by atoms with Gasteiger partial charge in [-0.3, -0.25) is 9.48 Å². The highest BCUT2D eigenvalue weighted by atomic mass is 28.4. The van der Waals surface area contributed by atoms with E-state index in [0.29, 0.717) is 0 Å². The summed E-state index contributed by atoms with van der Waals surface area (Å²) in [4.78, 5) is 23.1. The SMILES string of the molecule is CCOC(=O)c1cn(CCO[Si](C)(C)C(C)(C)C)nc1NC(=O)C(F)(F)F. The van der Waals surface area contributed by atoms with E-state index in [0.717, 1.165) is 0 Å². The van der Waals surface area contributed by atoms with Crippen molar-refractivity contribution < 1.29 is 31.9 Å². The molecule has 0 radical (unpaired) electrons. The molecular formula is C16H26F3N3O4Si. The number of esters is 1. The van der Waals surface area contributed by atoms with Crippen LogP contribution in [0.3, 0.4) is 0 Å². The van der Waals surface area contributed by atoms with Gasteiger partial charge in [-0.15, -0.1) is 0 Å². The first-order valence-electron chi connectivity index (χ1n) is 8.45. The average Bonchev–Trinajstić information content (AvgIpc) is 2.88. The van der Waals surface area contributed by atoms with Gasteiger partial charge in [0.15, 0.2) is 14.1 Å². The van der Waals surface area contributed by atoms with Gasteiger partial charge >= 0.3 is 18.1 Å². The molecule has 0 spiro atoms. The number of halogens is 3. The number of nitrogens with one attached hydrogen (secondary N) is 1. The molecule has 0 aliphatic rings. The summed E-state index contributed by atoms with van der Waals surface area (Å²) in [6.07, 6.45) is -3.86. The van der Waals surface area contributed by atoms with Gasteiger partial charge < -0.3 is 14.5 Å². The third-order valence-corrected chi connectivity index (χ3v) is 8.87. The molecule has 1 aromatic rings. The van der Waals surface area contributed by atoms with Gasteiger partial charge in [0.2, 0.25) is 0 Å². The monoisotopic (exact) mass is 409 g/mol. The molecule has 27 heavy (non-hydrogen) atoms. The Kier molecular flexibility index (Phi) is 7.22. The van der Waals surface area contributed by atoms with Crippen LogP contribution in [0.4, 0.5) is 19.0 Å². The van der Waals surface area contributed by atoms with E-state index >= 15 is 0 Å². The summed E-state index contributed by atoms with van der Waals surface area (Å²) in [7, 11) is -2.00. The van der Waals surface area contributed by atoms with Gasteiger partial charge in [-0.05, 0) is 25.1 Å². The lowest BCUT2D eigenvalue weighted by Crippen LogP contribution is -2.41. The summed E-state index contributed by atoms with van der Waals surface area (Å²) in [6.45, 7) is 12.4. The van der Waals surface area contributed by atoms with Crippen molar-refractivity contribution in [2.45, 2.75) is 58.5 Å². The molecule has 0 aromatic carbocycles. The number of carbonyl (C=O) groups excluding carboxylic acids is 2. The van der Waals surface area contributed by atoms with Crippen molar-refractivity contribution in [3.8, 4) is 0 Å². The van der Waals surface area contributed by atoms with Gasteiger partial charge in [-0.1, -0.05) is 20.8 Å². The van der Waals surface area contributed by atoms with Crippen molar-refractivity contribution in [1.82, 2.24) is 9.78 Å². The van der Waals surface area contributed by atoms with Gasteiger partial charge in [0.1, 0.15) is 5.56 Å². The molecule has 1 aromatic heterocycles. The molecule has 1 heterocycles. The minimum Gasteiger partial charge on any atom is -0.462 e. The van der Waals surface area contributed by atoms with Gasteiger partial charge in [0.25, 0.3) is 0 Å². The fourth-order valence-corrected chi connectivity index (χ4v) is 2.81. The quantitative estimate of drug-likeness (QED) is 0.550. The lowest BCUT2D eigenvalue weighted by molar-refractivity contribution is -0.167. The molecule has 154 valence electrons. The van der Waals surface area contributed by atoms with Crippen LogP contribution in [-0.4, -0.2) is 49.4 Å². The molecule has 1 N–H and O–H groups in total. The van der Waals surface area contributed by atoms with Gasteiger partial charge in [-0.25, -0.2) is 4.79 Å². The van der Waals surface area contributed by atoms with Crippen molar-refractivity contribution in [2.24, 2.45) is 0 Å². The van der Waals surface area contributed by atoms with Gasteiger partial charge in [-0.2, -0.15) is 18.3 Å². The van der Waals surface area contributed by atoms with Crippen LogP contribution in [0, 0.1) is 0 Å². The minimum absolute atomic E-state index is 0.000940. The van der Waals surface area contributed by atoms with Crippen molar-refractivity contribution in [2.75, 3.05) is 18.5 Å². The van der Waals surface area contributed by atoms with E-state index < -0.39 is 32.2 Å². The number of carbonyl (C=O) groups is 2. The summed E-state index contributed by atoms with van der Waals surface area (Å²) in [5.74, 6) is -3.58. The third kappa shape index (κ3) is 6.35. The number of alkyl halides is 3. The second kappa shape index (κ2) is 8.42. The molecule has 0 unspecified atom stereocenters. The summed E-state index contributed by atoms with van der Waals surface area (Å²) < 4.78 is 49.5. The molecule has 0 saturated heterocycles. The maximum Gasteiger partial charge on any atom is 0.471 e. The van der Waals surface area contributed by atoms with Crippen LogP contribution >= 0.6 is 0 Å². The Balaban J connectivity index is 2.94. The van der Waals surface area contributed by atoms with Gasteiger partial charge in [0, 0.05) is 6.20 Å². The number of hydrogen-bond donors (Lipinski definition) is 1. The summed E-state index contributed by atoms with van der Waals surface area (Å²) >= 11 is 0. The standard InChI is InChI=1S/C16H26F3N3O4Si/c1-7-25-13(23)11-10-22(8-9-26-27(5,6)15(2,3)4)21-12(11)20-14(24)16(17,18)19/h10H,7-9H2,1-6H3,(H,20,21,24). The molecule has 0 atom stereocenters. The average molecular weight is 409 g/mol. The lowest BCUT2D eigenvalue weighted by atomic mass is 10.2. The lowest BCUT2D eigenvalue weighted by Gasteiger charge is -2.36. The third-order valence-electron chi connectivity index (χ3n) is 4.34. The molecular weight excluding hydrogens is 383 g/mol. The van der Waals surface area contributed by atoms with Crippen LogP contribution in [0.15, 0.2) is 6.20 Å². The topological polar surface area (TPSA) is 82.4 Å². The fourth-order valence-electron chi connectivity index (χ4n) is 1.78. The Morgan fingerprint density at radius 1 is 1.26 bits per heavy atom. The van der Waals surface area contributed by atoms with Crippen LogP contribution in [0.1, 0.15) is 38.1 Å². The summed E-state index contributed by atoms with van der Waals surface area (Å²) in [6, 6.07) is 0. The fraction of sp³-hybridized carbons (Fsp3) is 0.688. The second-order valence-electron chi connectivity index (χ2n) is 7.44. The number of amides is 1. The van der Waals surface area contributed by atoms with E-state index in [1.54, 1.807) is 12.2 Å². The molecule has 1 amide bonds. The number of hydrogen-bond acceptors (Lipinski definition) is 5. The molecule has 0 bridgehead atoms. The largest absolute Gasteiger partial charge is 0.471 e. The first kappa shape index (κ1) is 23.2. The number of aromatic nitrogens is 2. The maximum absolute atomic E-state index is 12.5. The Bertz CT molecular complexity index is 681. The molecule has 0 aliphatic heterocycles. The number of anilines is 1. The molecule has 1 rings (SSSR count). The van der Waals surface area contributed by atoms with E-state index in [9.17, 15) is 22.8 Å². The van der Waals surface area contributed by atoms with E-state index in [-0.39, 0.29) is 30.4 Å². The smallest absolute Gasteiger partial charge is 0.462 e. The van der Waals surface area contributed by atoms with E-state index in [2.05, 4.69) is 39.0 Å². The zero-order valence-electron chi connectivity index (χ0n) is 16.4. The van der Waals surface area contributed by atoms with Crippen molar-refractivity contribution >= 4 is 26.0 Å². The van der Waals surface area contributed by atoms with Crippen LogP contribution in [0.2, 0.25) is 18.1 Å². The van der Waals surface area contributed by atoms with Crippen LogP contribution in [-0.2, 0) is 20.5 Å². The van der Waals surface area contributed by atoms with Crippen molar-refractivity contribution in [3.63, 3.8) is 0 Å². The van der Waals surface area contributed by atoms with Crippen LogP contribution in [0.5, 0.6) is 0 Å². The summed E-state index contributed by atoms with van der Waals surface area (Å²) in [5.41, 5.74) is -0.248. The molecule has 0 saturated carbocycles. The Morgan fingerprint density at radius 2 is 1.85 bits per heavy atom. The maximum atomic E-state index is 12.5. The van der Waals surface area contributed by atoms with Gasteiger partial charge in [0.05, 0.1) is 19.8 Å². The number of rotatable bonds is 7. The highest BCUT2D eigenvalue weighted by molar-refractivity contribution is 6.74. The predicted molar refractivity (Wildman–Crippen MR) is 96.0 cm³/mol. The van der Waals surface area contributed by atoms with Crippen molar-refractivity contribution in [1.29, 1.82) is 0 Å². The highest BCUT2D eigenvalue weighted by Gasteiger charge is 2.40. The van der Waals surface area contributed by atoms with Crippen LogP contribution < -0.4 is 5.32 Å². The normalized spacial score (nSPS) is 12.8. The van der Waals surface area contributed by atoms with E-state index in [1.807, 2.05) is 0 Å². The Morgan fingerprint density at radius 3 is 2.33 bits per heavy atom. The molecule has 0 fully saturated rings. The Hall–Kier alpha value is -1.88. The second-order valence-corrected chi connectivity index (χ2v) is 12.2. The minimum atomic E-state index is -5.10. The highest BCUT2D eigenvalue weighted by Crippen LogP contribution is 2.36. The summed E-state index contributed by atoms with van der Waals surface area (Å²) in [5, 5.41) is 5.48. The molecule has 0 aliphatic carbocycles. The van der Waals surface area contributed by atoms with E-state index in [1.165, 1.54) is 10.9 Å². The first-order valence-corrected chi connectivity index (χ1v) is 11.4. The first-order chi connectivity index (χ1) is 12.2. The Labute approximate surface area is 157 Å². The van der Waals surface area contributed by atoms with Crippen LogP contribution in [0.25, 0.3) is 0 Å². The number of nitrogens with zero attached hydrogens (tertiary/aromatic N) is 2. The number of ether oxygens (including phenoxy) is 1. The van der Waals surface area contributed by atoms with E-state index in [4.69, 9.17) is 9.16 Å². The zero-order chi connectivity index (χ0) is 21.0. The zero-order valence-corrected chi connectivity index (χ0v) is 17.4. The molecule has 11 heteroatoms. The predicted octanol–water partition coefficient (Wildman–Crippen LogP) is 3.58.